The van der Waals surface area contributed by atoms with Gasteiger partial charge in [0.1, 0.15) is 23.2 Å². The first-order chi connectivity index (χ1) is 12.1. The predicted octanol–water partition coefficient (Wildman–Crippen LogP) is 4.41. The number of para-hydroxylation sites is 1. The normalized spacial score (nSPS) is 11.8. The second kappa shape index (κ2) is 6.17. The summed E-state index contributed by atoms with van der Waals surface area (Å²) in [7, 11) is 0.472. The van der Waals surface area contributed by atoms with Crippen LogP contribution in [0.1, 0.15) is 5.69 Å². The van der Waals surface area contributed by atoms with Crippen LogP contribution in [0.25, 0.3) is 10.9 Å². The molecule has 25 heavy (non-hydrogen) atoms. The molecule has 1 aromatic heterocycles. The van der Waals surface area contributed by atoms with Crippen LogP contribution in [0.3, 0.4) is 0 Å². The molecule has 0 aliphatic carbocycles. The second-order valence-electron chi connectivity index (χ2n) is 6.69. The summed E-state index contributed by atoms with van der Waals surface area (Å²) in [6.07, 6.45) is 0. The van der Waals surface area contributed by atoms with Crippen molar-refractivity contribution in [1.29, 1.82) is 0 Å². The van der Waals surface area contributed by atoms with E-state index in [0.29, 0.717) is 0 Å². The molecule has 1 nitrogen and oxygen atoms in total. The van der Waals surface area contributed by atoms with Crippen LogP contribution >= 0.6 is 7.26 Å². The third-order valence-corrected chi connectivity index (χ3v) is 9.48. The highest BCUT2D eigenvalue weighted by atomic mass is 31.2. The molecular weight excluding hydrogens is 321 g/mol. The maximum atomic E-state index is 2.46. The van der Waals surface area contributed by atoms with Crippen LogP contribution in [0.2, 0.25) is 0 Å². The number of fused-ring (bicyclic) bond motifs is 1. The standard InChI is InChI=1S/C23H23NP/c1-18-23(21-16-10-11-17-22(21)24(18)2)25(3,19-12-6-4-7-13-19)20-14-8-5-9-15-20/h4-17H,1-3H3/q+1. The first-order valence-electron chi connectivity index (χ1n) is 8.66. The van der Waals surface area contributed by atoms with Crippen molar-refractivity contribution in [1.82, 2.24) is 4.57 Å². The highest BCUT2D eigenvalue weighted by Gasteiger charge is 2.44. The van der Waals surface area contributed by atoms with Crippen molar-refractivity contribution in [3.05, 3.63) is 90.6 Å². The zero-order valence-corrected chi connectivity index (χ0v) is 15.9. The Labute approximate surface area is 150 Å². The fourth-order valence-electron chi connectivity index (χ4n) is 3.92. The lowest BCUT2D eigenvalue weighted by Crippen LogP contribution is -2.31. The quantitative estimate of drug-likeness (QED) is 0.485. The molecule has 0 aliphatic heterocycles. The summed E-state index contributed by atoms with van der Waals surface area (Å²) in [5, 5.41) is 5.75. The molecule has 0 amide bonds. The fraction of sp³-hybridized carbons (Fsp3) is 0.130. The number of nitrogens with zero attached hydrogens (tertiary/aromatic N) is 1. The Morgan fingerprint density at radius 3 is 1.72 bits per heavy atom. The molecule has 0 unspecified atom stereocenters. The molecule has 0 radical (unpaired) electrons. The highest BCUT2D eigenvalue weighted by molar-refractivity contribution is 7.95. The van der Waals surface area contributed by atoms with E-state index in [0.717, 1.165) is 0 Å². The molecule has 0 aliphatic rings. The molecule has 124 valence electrons. The van der Waals surface area contributed by atoms with Crippen LogP contribution in [-0.2, 0) is 7.05 Å². The van der Waals surface area contributed by atoms with E-state index in [1.165, 1.54) is 32.5 Å². The van der Waals surface area contributed by atoms with Crippen LogP contribution < -0.4 is 15.9 Å². The van der Waals surface area contributed by atoms with E-state index >= 15 is 0 Å². The minimum atomic E-state index is -1.71. The van der Waals surface area contributed by atoms with Gasteiger partial charge in [-0.05, 0) is 43.3 Å². The molecule has 0 saturated heterocycles. The topological polar surface area (TPSA) is 4.93 Å². The van der Waals surface area contributed by atoms with Gasteiger partial charge in [-0.25, -0.2) is 0 Å². The molecule has 2 heteroatoms. The smallest absolute Gasteiger partial charge is 0.132 e. The van der Waals surface area contributed by atoms with Gasteiger partial charge >= 0.3 is 0 Å². The average molecular weight is 344 g/mol. The number of hydrogen-bond donors (Lipinski definition) is 0. The first-order valence-corrected chi connectivity index (χ1v) is 10.9. The maximum Gasteiger partial charge on any atom is 0.132 e. The Hall–Kier alpha value is -2.37. The van der Waals surface area contributed by atoms with E-state index in [1.54, 1.807) is 0 Å². The summed E-state index contributed by atoms with van der Waals surface area (Å²) in [5.74, 6) is 0. The SMILES string of the molecule is Cc1c([P+](C)(c2ccccc2)c2ccccc2)c2ccccc2n1C. The van der Waals surface area contributed by atoms with Crippen molar-refractivity contribution in [3.63, 3.8) is 0 Å². The molecule has 4 aromatic rings. The Balaban J connectivity index is 2.13. The van der Waals surface area contributed by atoms with Gasteiger partial charge in [0.05, 0.1) is 17.9 Å². The highest BCUT2D eigenvalue weighted by Crippen LogP contribution is 2.54. The summed E-state index contributed by atoms with van der Waals surface area (Å²) >= 11 is 0. The van der Waals surface area contributed by atoms with E-state index in [1.807, 2.05) is 0 Å². The van der Waals surface area contributed by atoms with Crippen molar-refractivity contribution in [2.24, 2.45) is 7.05 Å². The van der Waals surface area contributed by atoms with Crippen molar-refractivity contribution >= 4 is 34.1 Å². The van der Waals surface area contributed by atoms with Crippen LogP contribution in [0.15, 0.2) is 84.9 Å². The minimum Gasteiger partial charge on any atom is -0.344 e. The van der Waals surface area contributed by atoms with E-state index < -0.39 is 7.26 Å². The van der Waals surface area contributed by atoms with Gasteiger partial charge in [0.15, 0.2) is 0 Å². The van der Waals surface area contributed by atoms with E-state index in [-0.39, 0.29) is 0 Å². The number of aromatic nitrogens is 1. The summed E-state index contributed by atoms with van der Waals surface area (Å²) in [6.45, 7) is 4.73. The number of hydrogen-bond acceptors (Lipinski definition) is 0. The molecule has 0 spiro atoms. The summed E-state index contributed by atoms with van der Waals surface area (Å²) in [5.41, 5.74) is 2.68. The Morgan fingerprint density at radius 2 is 1.16 bits per heavy atom. The maximum absolute atomic E-state index is 2.46. The van der Waals surface area contributed by atoms with Crippen LogP contribution in [-0.4, -0.2) is 11.2 Å². The third kappa shape index (κ3) is 2.42. The molecular formula is C23H23NP+. The molecule has 3 aromatic carbocycles. The summed E-state index contributed by atoms with van der Waals surface area (Å²) in [6, 6.07) is 30.8. The predicted molar refractivity (Wildman–Crippen MR) is 112 cm³/mol. The molecule has 1 heterocycles. The summed E-state index contributed by atoms with van der Waals surface area (Å²) < 4.78 is 2.34. The lowest BCUT2D eigenvalue weighted by atomic mass is 10.2. The van der Waals surface area contributed by atoms with Crippen molar-refractivity contribution in [2.75, 3.05) is 6.66 Å². The number of benzene rings is 3. The number of aryl methyl sites for hydroxylation is 1. The van der Waals surface area contributed by atoms with Gasteiger partial charge in [-0.1, -0.05) is 48.5 Å². The molecule has 0 bridgehead atoms. The molecule has 4 rings (SSSR count). The van der Waals surface area contributed by atoms with Crippen molar-refractivity contribution in [2.45, 2.75) is 6.92 Å². The van der Waals surface area contributed by atoms with Crippen LogP contribution in [0, 0.1) is 6.92 Å². The van der Waals surface area contributed by atoms with Crippen LogP contribution in [0.4, 0.5) is 0 Å². The van der Waals surface area contributed by atoms with E-state index in [2.05, 4.69) is 110 Å². The van der Waals surface area contributed by atoms with Gasteiger partial charge in [-0.3, -0.25) is 0 Å². The van der Waals surface area contributed by atoms with Gasteiger partial charge in [0, 0.05) is 12.4 Å². The van der Waals surface area contributed by atoms with Gasteiger partial charge in [-0.2, -0.15) is 0 Å². The molecule has 0 atom stereocenters. The van der Waals surface area contributed by atoms with Gasteiger partial charge in [-0.15, -0.1) is 0 Å². The van der Waals surface area contributed by atoms with Gasteiger partial charge in [0.25, 0.3) is 0 Å². The molecule has 0 saturated carbocycles. The zero-order valence-electron chi connectivity index (χ0n) is 15.0. The Bertz CT molecular complexity index is 977. The molecule has 0 fully saturated rings. The minimum absolute atomic E-state index is 1.31. The van der Waals surface area contributed by atoms with Crippen molar-refractivity contribution in [3.8, 4) is 0 Å². The largest absolute Gasteiger partial charge is 0.344 e. The van der Waals surface area contributed by atoms with Crippen LogP contribution in [0.5, 0.6) is 0 Å². The lowest BCUT2D eigenvalue weighted by molar-refractivity contribution is 0.923. The van der Waals surface area contributed by atoms with Gasteiger partial charge < -0.3 is 4.57 Å². The second-order valence-corrected chi connectivity index (χ2v) is 10.2. The first kappa shape index (κ1) is 16.1. The fourth-order valence-corrected chi connectivity index (χ4v) is 7.74. The number of rotatable bonds is 3. The lowest BCUT2D eigenvalue weighted by Gasteiger charge is -2.23. The third-order valence-electron chi connectivity index (χ3n) is 5.36. The van der Waals surface area contributed by atoms with Gasteiger partial charge in [0.2, 0.25) is 0 Å². The Kier molecular flexibility index (Phi) is 3.98. The van der Waals surface area contributed by atoms with E-state index in [4.69, 9.17) is 0 Å². The monoisotopic (exact) mass is 344 g/mol. The average Bonchev–Trinajstić information content (AvgIpc) is 2.94. The zero-order chi connectivity index (χ0) is 17.4. The Morgan fingerprint density at radius 1 is 0.680 bits per heavy atom. The molecule has 0 N–H and O–H groups in total. The van der Waals surface area contributed by atoms with E-state index in [9.17, 15) is 0 Å². The summed E-state index contributed by atoms with van der Waals surface area (Å²) in [4.78, 5) is 0. The van der Waals surface area contributed by atoms with Crippen molar-refractivity contribution < 1.29 is 0 Å².